The van der Waals surface area contributed by atoms with E-state index >= 15 is 0 Å². The number of hydrogen-bond donors (Lipinski definition) is 0. The summed E-state index contributed by atoms with van der Waals surface area (Å²) in [5.74, 6) is -1.94. The van der Waals surface area contributed by atoms with Gasteiger partial charge in [-0.1, -0.05) is 71.1 Å². The fourth-order valence-electron chi connectivity index (χ4n) is 2.19. The first kappa shape index (κ1) is 28.9. The van der Waals surface area contributed by atoms with Gasteiger partial charge in [-0.25, -0.2) is 0 Å². The van der Waals surface area contributed by atoms with E-state index in [1.165, 1.54) is 62.7 Å². The second-order valence-corrected chi connectivity index (χ2v) is 6.27. The molecule has 0 aromatic rings. The van der Waals surface area contributed by atoms with Crippen molar-refractivity contribution >= 4 is 49.7 Å². The molecular formula is C18H35CaNO4. The summed E-state index contributed by atoms with van der Waals surface area (Å²) < 4.78 is 0. The summed E-state index contributed by atoms with van der Waals surface area (Å²) in [5.41, 5.74) is 0. The van der Waals surface area contributed by atoms with Crippen molar-refractivity contribution in [1.29, 1.82) is 0 Å². The Morgan fingerprint density at radius 1 is 0.708 bits per heavy atom. The minimum absolute atomic E-state index is 0. The SMILES string of the molecule is CCCCCCCCCCCCCC(=O)[O-].CN(C)CC(=O)[O-].[Ca+2]. The molecule has 5 nitrogen and oxygen atoms in total. The van der Waals surface area contributed by atoms with Crippen LogP contribution in [0.25, 0.3) is 0 Å². The molecular weight excluding hydrogens is 334 g/mol. The van der Waals surface area contributed by atoms with E-state index in [1.54, 1.807) is 14.1 Å². The molecule has 0 saturated carbocycles. The van der Waals surface area contributed by atoms with Crippen LogP contribution in [0.5, 0.6) is 0 Å². The third kappa shape index (κ3) is 33.7. The first-order valence-electron chi connectivity index (χ1n) is 8.94. The molecule has 0 saturated heterocycles. The predicted octanol–water partition coefficient (Wildman–Crippen LogP) is 1.35. The smallest absolute Gasteiger partial charge is 0.550 e. The zero-order chi connectivity index (χ0) is 17.9. The Balaban J connectivity index is -0.000000468. The van der Waals surface area contributed by atoms with Gasteiger partial charge in [0.15, 0.2) is 0 Å². The van der Waals surface area contributed by atoms with Crippen molar-refractivity contribution < 1.29 is 19.8 Å². The third-order valence-corrected chi connectivity index (χ3v) is 3.43. The number of carboxylic acid groups (broad SMARTS) is 2. The fourth-order valence-corrected chi connectivity index (χ4v) is 2.19. The number of carboxylic acids is 2. The minimum atomic E-state index is -1.04. The third-order valence-electron chi connectivity index (χ3n) is 3.43. The molecule has 0 fully saturated rings. The van der Waals surface area contributed by atoms with Gasteiger partial charge in [-0.2, -0.15) is 0 Å². The molecule has 24 heavy (non-hydrogen) atoms. The van der Waals surface area contributed by atoms with Gasteiger partial charge in [-0.3, -0.25) is 0 Å². The second kappa shape index (κ2) is 23.2. The number of aliphatic carboxylic acids is 2. The molecule has 0 rings (SSSR count). The van der Waals surface area contributed by atoms with Gasteiger partial charge < -0.3 is 24.7 Å². The first-order valence-corrected chi connectivity index (χ1v) is 8.94. The van der Waals surface area contributed by atoms with Gasteiger partial charge in [0.2, 0.25) is 0 Å². The summed E-state index contributed by atoms with van der Waals surface area (Å²) in [5, 5.41) is 19.8. The zero-order valence-corrected chi connectivity index (χ0v) is 18.2. The number of rotatable bonds is 14. The molecule has 0 unspecified atom stereocenters. The minimum Gasteiger partial charge on any atom is -0.550 e. The number of hydrogen-bond acceptors (Lipinski definition) is 5. The fraction of sp³-hybridized carbons (Fsp3) is 0.889. The standard InChI is InChI=1S/C14H28O2.C4H9NO2.Ca/c1-2-3-4-5-6-7-8-9-10-11-12-13-14(15)16;1-5(2)3-4(6)7;/h2-13H2,1H3,(H,15,16);3H2,1-2H3,(H,6,7);/q;;+2/p-2. The van der Waals surface area contributed by atoms with Crippen LogP contribution in [0.4, 0.5) is 0 Å². The van der Waals surface area contributed by atoms with E-state index in [0.29, 0.717) is 0 Å². The Hall–Kier alpha value is 0.160. The van der Waals surface area contributed by atoms with E-state index in [1.807, 2.05) is 0 Å². The quantitative estimate of drug-likeness (QED) is 0.341. The first-order chi connectivity index (χ1) is 10.9. The molecule has 0 radical (unpaired) electrons. The van der Waals surface area contributed by atoms with Crippen LogP contribution >= 0.6 is 0 Å². The van der Waals surface area contributed by atoms with Gasteiger partial charge in [0.05, 0.1) is 5.97 Å². The van der Waals surface area contributed by atoms with Gasteiger partial charge in [-0.05, 0) is 26.9 Å². The molecule has 0 amide bonds. The summed E-state index contributed by atoms with van der Waals surface area (Å²) in [6, 6.07) is 0. The number of carbonyl (C=O) groups excluding carboxylic acids is 2. The molecule has 6 heteroatoms. The van der Waals surface area contributed by atoms with Crippen LogP contribution in [0.15, 0.2) is 0 Å². The maximum atomic E-state index is 10.1. The molecule has 0 aromatic carbocycles. The molecule has 0 aliphatic rings. The van der Waals surface area contributed by atoms with E-state index in [-0.39, 0.29) is 50.7 Å². The van der Waals surface area contributed by atoms with E-state index < -0.39 is 11.9 Å². The summed E-state index contributed by atoms with van der Waals surface area (Å²) in [6.07, 6.45) is 14.0. The molecule has 138 valence electrons. The van der Waals surface area contributed by atoms with Crippen LogP contribution < -0.4 is 10.2 Å². The van der Waals surface area contributed by atoms with Gasteiger partial charge in [0.25, 0.3) is 0 Å². The summed E-state index contributed by atoms with van der Waals surface area (Å²) >= 11 is 0. The Morgan fingerprint density at radius 3 is 1.33 bits per heavy atom. The zero-order valence-electron chi connectivity index (χ0n) is 16.0. The van der Waals surface area contributed by atoms with Crippen LogP contribution in [-0.4, -0.2) is 75.2 Å². The Bertz CT molecular complexity index is 286. The number of carbonyl (C=O) groups is 2. The van der Waals surface area contributed by atoms with Crippen LogP contribution in [-0.2, 0) is 9.59 Å². The van der Waals surface area contributed by atoms with Crippen LogP contribution in [0, 0.1) is 0 Å². The Morgan fingerprint density at radius 2 is 1.08 bits per heavy atom. The van der Waals surface area contributed by atoms with Crippen molar-refractivity contribution in [3.63, 3.8) is 0 Å². The number of nitrogens with zero attached hydrogens (tertiary/aromatic N) is 1. The molecule has 0 bridgehead atoms. The van der Waals surface area contributed by atoms with Crippen LogP contribution in [0.1, 0.15) is 84.0 Å². The molecule has 0 atom stereocenters. The topological polar surface area (TPSA) is 83.5 Å². The normalized spacial score (nSPS) is 9.83. The Labute approximate surface area is 178 Å². The largest absolute Gasteiger partial charge is 2.00 e. The summed E-state index contributed by atoms with van der Waals surface area (Å²) in [6.45, 7) is 2.24. The van der Waals surface area contributed by atoms with Crippen molar-refractivity contribution in [2.45, 2.75) is 84.0 Å². The molecule has 0 heterocycles. The van der Waals surface area contributed by atoms with Gasteiger partial charge in [0, 0.05) is 12.5 Å². The van der Waals surface area contributed by atoms with Gasteiger partial charge in [-0.15, -0.1) is 0 Å². The average molecular weight is 370 g/mol. The molecule has 0 aromatic heterocycles. The van der Waals surface area contributed by atoms with Crippen molar-refractivity contribution in [1.82, 2.24) is 4.90 Å². The average Bonchev–Trinajstić information content (AvgIpc) is 2.43. The maximum absolute atomic E-state index is 10.1. The summed E-state index contributed by atoms with van der Waals surface area (Å²) in [4.78, 5) is 21.3. The molecule has 0 spiro atoms. The van der Waals surface area contributed by atoms with Crippen molar-refractivity contribution in [2.24, 2.45) is 0 Å². The van der Waals surface area contributed by atoms with Crippen molar-refractivity contribution in [3.8, 4) is 0 Å². The Kier molecular flexibility index (Phi) is 27.9. The van der Waals surface area contributed by atoms with E-state index in [4.69, 9.17) is 0 Å². The van der Waals surface area contributed by atoms with E-state index in [2.05, 4.69) is 6.92 Å². The van der Waals surface area contributed by atoms with E-state index in [0.717, 1.165) is 12.8 Å². The predicted molar refractivity (Wildman–Crippen MR) is 95.4 cm³/mol. The van der Waals surface area contributed by atoms with Gasteiger partial charge in [0.1, 0.15) is 0 Å². The number of unbranched alkanes of at least 4 members (excludes halogenated alkanes) is 10. The van der Waals surface area contributed by atoms with E-state index in [9.17, 15) is 19.8 Å². The van der Waals surface area contributed by atoms with Crippen LogP contribution in [0.3, 0.4) is 0 Å². The van der Waals surface area contributed by atoms with Crippen molar-refractivity contribution in [2.75, 3.05) is 20.6 Å². The number of likely N-dealkylation sites (N-methyl/N-ethyl adjacent to an activating group) is 1. The van der Waals surface area contributed by atoms with Gasteiger partial charge >= 0.3 is 37.7 Å². The molecule has 0 aliphatic heterocycles. The summed E-state index contributed by atoms with van der Waals surface area (Å²) in [7, 11) is 3.35. The molecule has 0 aliphatic carbocycles. The second-order valence-electron chi connectivity index (χ2n) is 6.27. The monoisotopic (exact) mass is 369 g/mol. The van der Waals surface area contributed by atoms with Crippen LogP contribution in [0.2, 0.25) is 0 Å². The molecule has 0 N–H and O–H groups in total. The van der Waals surface area contributed by atoms with Crippen molar-refractivity contribution in [3.05, 3.63) is 0 Å². The maximum Gasteiger partial charge on any atom is 2.00 e.